The average molecular weight is 364 g/mol. The molecule has 1 aromatic rings. The zero-order valence-corrected chi connectivity index (χ0v) is 15.3. The number of rotatable bonds is 6. The molecule has 1 fully saturated rings. The molecule has 0 aromatic heterocycles. The van der Waals surface area contributed by atoms with E-state index in [0.717, 1.165) is 23.4 Å². The molecule has 0 saturated carbocycles. The molecular formula is C18H24N2O4S. The van der Waals surface area contributed by atoms with Crippen LogP contribution in [0, 0.1) is 5.92 Å². The molecular weight excluding hydrogens is 340 g/mol. The molecule has 0 spiro atoms. The smallest absolute Gasteiger partial charge is 0.303 e. The van der Waals surface area contributed by atoms with Gasteiger partial charge in [0.15, 0.2) is 0 Å². The van der Waals surface area contributed by atoms with E-state index >= 15 is 0 Å². The van der Waals surface area contributed by atoms with E-state index < -0.39 is 5.97 Å². The van der Waals surface area contributed by atoms with E-state index in [9.17, 15) is 14.4 Å². The van der Waals surface area contributed by atoms with E-state index in [1.165, 1.54) is 18.7 Å². The Bertz CT molecular complexity index is 624. The topological polar surface area (TPSA) is 86.7 Å². The lowest BCUT2D eigenvalue weighted by Crippen LogP contribution is -2.42. The van der Waals surface area contributed by atoms with Gasteiger partial charge in [0.1, 0.15) is 0 Å². The van der Waals surface area contributed by atoms with Gasteiger partial charge in [0.25, 0.3) is 0 Å². The third kappa shape index (κ3) is 6.08. The number of aliphatic carboxylic acids is 1. The minimum absolute atomic E-state index is 0.0877. The zero-order valence-electron chi connectivity index (χ0n) is 14.5. The Kier molecular flexibility index (Phi) is 6.87. The molecule has 7 heteroatoms. The normalized spacial score (nSPS) is 16.3. The molecule has 2 amide bonds. The van der Waals surface area contributed by atoms with Crippen LogP contribution in [-0.2, 0) is 14.4 Å². The van der Waals surface area contributed by atoms with Crippen molar-refractivity contribution in [1.82, 2.24) is 4.90 Å². The number of nitrogens with zero attached hydrogens (tertiary/aromatic N) is 1. The molecule has 1 aromatic carbocycles. The maximum atomic E-state index is 12.6. The van der Waals surface area contributed by atoms with Crippen LogP contribution in [-0.4, -0.2) is 46.1 Å². The molecule has 1 atom stereocenters. The van der Waals surface area contributed by atoms with E-state index in [1.54, 1.807) is 0 Å². The lowest BCUT2D eigenvalue weighted by atomic mass is 9.93. The summed E-state index contributed by atoms with van der Waals surface area (Å²) in [6.07, 6.45) is 1.69. The molecule has 1 aliphatic heterocycles. The number of hydrogen-bond donors (Lipinski definition) is 2. The van der Waals surface area contributed by atoms with Crippen molar-refractivity contribution in [2.75, 3.05) is 18.4 Å². The number of piperidine rings is 1. The Hall–Kier alpha value is -2.02. The fraction of sp³-hybridized carbons (Fsp3) is 0.500. The summed E-state index contributed by atoms with van der Waals surface area (Å²) >= 11 is 1.49. The number of benzene rings is 1. The van der Waals surface area contributed by atoms with Crippen LogP contribution in [0.2, 0.25) is 0 Å². The maximum absolute atomic E-state index is 12.6. The number of carboxylic acid groups (broad SMARTS) is 1. The summed E-state index contributed by atoms with van der Waals surface area (Å²) in [5.74, 6) is -0.623. The Labute approximate surface area is 152 Å². The van der Waals surface area contributed by atoms with Crippen LogP contribution >= 0.6 is 11.8 Å². The Balaban J connectivity index is 1.84. The van der Waals surface area contributed by atoms with Gasteiger partial charge in [-0.2, -0.15) is 0 Å². The monoisotopic (exact) mass is 364 g/mol. The van der Waals surface area contributed by atoms with Crippen LogP contribution in [0.1, 0.15) is 33.1 Å². The minimum atomic E-state index is -0.767. The summed E-state index contributed by atoms with van der Waals surface area (Å²) in [5.41, 5.74) is 0.733. The molecule has 1 saturated heterocycles. The van der Waals surface area contributed by atoms with Crippen molar-refractivity contribution in [1.29, 1.82) is 0 Å². The summed E-state index contributed by atoms with van der Waals surface area (Å²) in [6.45, 7) is 4.60. The number of hydrogen-bond acceptors (Lipinski definition) is 4. The van der Waals surface area contributed by atoms with Gasteiger partial charge in [-0.3, -0.25) is 14.4 Å². The largest absolute Gasteiger partial charge is 0.481 e. The van der Waals surface area contributed by atoms with Crippen LogP contribution in [0.25, 0.3) is 0 Å². The van der Waals surface area contributed by atoms with Crippen molar-refractivity contribution >= 4 is 35.2 Å². The Morgan fingerprint density at radius 3 is 2.36 bits per heavy atom. The number of anilines is 1. The molecule has 0 radical (unpaired) electrons. The number of amides is 2. The molecule has 1 unspecified atom stereocenters. The van der Waals surface area contributed by atoms with Gasteiger partial charge in [0.2, 0.25) is 11.8 Å². The number of nitrogens with one attached hydrogen (secondary N) is 1. The maximum Gasteiger partial charge on any atom is 0.303 e. The first-order chi connectivity index (χ1) is 11.8. The summed E-state index contributed by atoms with van der Waals surface area (Å²) in [7, 11) is 0. The number of carboxylic acids is 1. The van der Waals surface area contributed by atoms with E-state index in [4.69, 9.17) is 5.11 Å². The first-order valence-corrected chi connectivity index (χ1v) is 9.28. The standard InChI is InChI=1S/C18H24N2O4S/c1-12(25-16-5-3-15(4-6-16)19-13(2)21)18(24)20-9-7-14(8-10-20)11-17(22)23/h3-6,12,14H,7-11H2,1-2H3,(H,19,21)(H,22,23). The lowest BCUT2D eigenvalue weighted by Gasteiger charge is -2.33. The molecule has 136 valence electrons. The Morgan fingerprint density at radius 2 is 1.84 bits per heavy atom. The van der Waals surface area contributed by atoms with Gasteiger partial charge >= 0.3 is 5.97 Å². The highest BCUT2D eigenvalue weighted by Crippen LogP contribution is 2.28. The van der Waals surface area contributed by atoms with Crippen LogP contribution in [0.4, 0.5) is 5.69 Å². The molecule has 0 aliphatic carbocycles. The van der Waals surface area contributed by atoms with Gasteiger partial charge in [-0.25, -0.2) is 0 Å². The van der Waals surface area contributed by atoms with Crippen LogP contribution < -0.4 is 5.32 Å². The Morgan fingerprint density at radius 1 is 1.24 bits per heavy atom. The first kappa shape index (κ1) is 19.3. The van der Waals surface area contributed by atoms with E-state index in [0.29, 0.717) is 13.1 Å². The van der Waals surface area contributed by atoms with Gasteiger partial charge in [-0.05, 0) is 49.9 Å². The average Bonchev–Trinajstić information content (AvgIpc) is 2.55. The molecule has 6 nitrogen and oxygen atoms in total. The number of carbonyl (C=O) groups is 3. The summed E-state index contributed by atoms with van der Waals surface area (Å²) in [6, 6.07) is 7.41. The fourth-order valence-corrected chi connectivity index (χ4v) is 3.89. The molecule has 2 rings (SSSR count). The molecule has 0 bridgehead atoms. The number of likely N-dealkylation sites (tertiary alicyclic amines) is 1. The van der Waals surface area contributed by atoms with Crippen LogP contribution in [0.15, 0.2) is 29.2 Å². The minimum Gasteiger partial charge on any atom is -0.481 e. The van der Waals surface area contributed by atoms with Crippen molar-refractivity contribution in [2.24, 2.45) is 5.92 Å². The lowest BCUT2D eigenvalue weighted by molar-refractivity contribution is -0.138. The van der Waals surface area contributed by atoms with Crippen molar-refractivity contribution in [3.63, 3.8) is 0 Å². The van der Waals surface area contributed by atoms with Gasteiger partial charge in [-0.1, -0.05) is 0 Å². The summed E-state index contributed by atoms with van der Waals surface area (Å²) in [4.78, 5) is 37.2. The summed E-state index contributed by atoms with van der Waals surface area (Å²) in [5, 5.41) is 11.4. The van der Waals surface area contributed by atoms with Gasteiger partial charge in [0.05, 0.1) is 5.25 Å². The highest BCUT2D eigenvalue weighted by atomic mass is 32.2. The molecule has 1 heterocycles. The zero-order chi connectivity index (χ0) is 18.4. The van der Waals surface area contributed by atoms with Gasteiger partial charge < -0.3 is 15.3 Å². The molecule has 25 heavy (non-hydrogen) atoms. The number of carbonyl (C=O) groups excluding carboxylic acids is 2. The first-order valence-electron chi connectivity index (χ1n) is 8.40. The van der Waals surface area contributed by atoms with Crippen molar-refractivity contribution in [3.05, 3.63) is 24.3 Å². The van der Waals surface area contributed by atoms with Crippen LogP contribution in [0.5, 0.6) is 0 Å². The second-order valence-electron chi connectivity index (χ2n) is 6.33. The second-order valence-corrected chi connectivity index (χ2v) is 7.75. The van der Waals surface area contributed by atoms with Crippen molar-refractivity contribution < 1.29 is 19.5 Å². The number of thioether (sulfide) groups is 1. The predicted octanol–water partition coefficient (Wildman–Crippen LogP) is 2.84. The van der Waals surface area contributed by atoms with Gasteiger partial charge in [0, 0.05) is 37.0 Å². The SMILES string of the molecule is CC(=O)Nc1ccc(SC(C)C(=O)N2CCC(CC(=O)O)CC2)cc1. The third-order valence-corrected chi connectivity index (χ3v) is 5.32. The van der Waals surface area contributed by atoms with Crippen molar-refractivity contribution in [3.8, 4) is 0 Å². The second kappa shape index (κ2) is 8.89. The van der Waals surface area contributed by atoms with Gasteiger partial charge in [-0.15, -0.1) is 11.8 Å². The third-order valence-electron chi connectivity index (χ3n) is 4.22. The molecule has 2 N–H and O–H groups in total. The summed E-state index contributed by atoms with van der Waals surface area (Å²) < 4.78 is 0. The van der Waals surface area contributed by atoms with E-state index in [2.05, 4.69) is 5.32 Å². The fourth-order valence-electron chi connectivity index (χ4n) is 2.94. The van der Waals surface area contributed by atoms with E-state index in [1.807, 2.05) is 36.1 Å². The van der Waals surface area contributed by atoms with Crippen molar-refractivity contribution in [2.45, 2.75) is 43.3 Å². The van der Waals surface area contributed by atoms with E-state index in [-0.39, 0.29) is 29.4 Å². The van der Waals surface area contributed by atoms with Crippen LogP contribution in [0.3, 0.4) is 0 Å². The highest BCUT2D eigenvalue weighted by molar-refractivity contribution is 8.00. The highest BCUT2D eigenvalue weighted by Gasteiger charge is 2.27. The predicted molar refractivity (Wildman–Crippen MR) is 97.6 cm³/mol. The quantitative estimate of drug-likeness (QED) is 0.758. The molecule has 1 aliphatic rings.